The molecule has 28 heavy (non-hydrogen) atoms. The Morgan fingerprint density at radius 2 is 1.89 bits per heavy atom. The first-order chi connectivity index (χ1) is 12.7. The molecule has 0 saturated carbocycles. The highest BCUT2D eigenvalue weighted by atomic mass is 35.5. The molecule has 150 valence electrons. The normalized spacial score (nSPS) is 11.8. The summed E-state index contributed by atoms with van der Waals surface area (Å²) in [5, 5.41) is 5.84. The van der Waals surface area contributed by atoms with E-state index in [1.54, 1.807) is 38.1 Å². The van der Waals surface area contributed by atoms with Crippen LogP contribution in [0.25, 0.3) is 22.2 Å². The first-order valence-corrected chi connectivity index (χ1v) is 9.73. The van der Waals surface area contributed by atoms with E-state index in [4.69, 9.17) is 5.14 Å². The van der Waals surface area contributed by atoms with Crippen LogP contribution in [0.15, 0.2) is 47.4 Å². The fourth-order valence-corrected chi connectivity index (χ4v) is 3.83. The number of hydrogen-bond donors (Lipinski definition) is 2. The van der Waals surface area contributed by atoms with E-state index in [0.717, 1.165) is 4.31 Å². The van der Waals surface area contributed by atoms with Gasteiger partial charge in [-0.1, -0.05) is 12.1 Å². The van der Waals surface area contributed by atoms with Crippen molar-refractivity contribution in [2.75, 3.05) is 0 Å². The molecule has 0 amide bonds. The Bertz CT molecular complexity index is 1160. The molecule has 1 aromatic carbocycles. The molecule has 0 spiro atoms. The highest BCUT2D eigenvalue weighted by molar-refractivity contribution is 7.86. The van der Waals surface area contributed by atoms with E-state index in [2.05, 4.69) is 9.97 Å². The van der Waals surface area contributed by atoms with Gasteiger partial charge in [0.25, 0.3) is 10.2 Å². The number of aromatic nitrogens is 2. The minimum absolute atomic E-state index is 0. The lowest BCUT2D eigenvalue weighted by atomic mass is 10.0. The van der Waals surface area contributed by atoms with Crippen LogP contribution in [0.3, 0.4) is 0 Å². The van der Waals surface area contributed by atoms with E-state index < -0.39 is 16.0 Å². The van der Waals surface area contributed by atoms with Crippen molar-refractivity contribution in [2.24, 2.45) is 5.14 Å². The minimum Gasteiger partial charge on any atom is -0.307 e. The quantitative estimate of drug-likeness (QED) is 0.653. The Morgan fingerprint density at radius 1 is 1.18 bits per heavy atom. The highest BCUT2D eigenvalue weighted by Gasteiger charge is 2.21. The molecule has 3 N–H and O–H groups in total. The number of pyridine rings is 2. The molecule has 0 radical (unpaired) electrons. The molecule has 0 bridgehead atoms. The molecule has 3 aromatic rings. The molecule has 0 aliphatic rings. The van der Waals surface area contributed by atoms with E-state index in [0.29, 0.717) is 27.7 Å². The summed E-state index contributed by atoms with van der Waals surface area (Å²) in [5.41, 5.74) is 1.45. The molecule has 0 aliphatic heterocycles. The molecule has 0 saturated heterocycles. The predicted molar refractivity (Wildman–Crippen MR) is 109 cm³/mol. The predicted octanol–water partition coefficient (Wildman–Crippen LogP) is 2.56. The Balaban J connectivity index is 0.00000280. The van der Waals surface area contributed by atoms with Gasteiger partial charge in [0.2, 0.25) is 5.56 Å². The molecule has 2 heterocycles. The molecule has 0 fully saturated rings. The zero-order valence-electron chi connectivity index (χ0n) is 15.2. The number of fused-ring (bicyclic) bond motifs is 1. The SMILES string of the molecule is CC(C)N(Cc1ccc(-c2ccnc3[nH]c(=O)ccc23)c(F)c1)S(N)(=O)=O.Cl. The van der Waals surface area contributed by atoms with Gasteiger partial charge in [0, 0.05) is 35.8 Å². The van der Waals surface area contributed by atoms with Gasteiger partial charge in [0.05, 0.1) is 0 Å². The number of rotatable bonds is 5. The highest BCUT2D eigenvalue weighted by Crippen LogP contribution is 2.29. The number of H-pyrrole nitrogens is 1. The van der Waals surface area contributed by atoms with Crippen molar-refractivity contribution in [2.45, 2.75) is 26.4 Å². The number of halogens is 2. The number of hydrogen-bond acceptors (Lipinski definition) is 4. The van der Waals surface area contributed by atoms with Gasteiger partial charge in [-0.3, -0.25) is 4.79 Å². The number of nitrogens with zero attached hydrogens (tertiary/aromatic N) is 2. The van der Waals surface area contributed by atoms with Crippen molar-refractivity contribution in [1.82, 2.24) is 14.3 Å². The third kappa shape index (κ3) is 4.56. The van der Waals surface area contributed by atoms with Crippen molar-refractivity contribution in [1.29, 1.82) is 0 Å². The maximum atomic E-state index is 14.8. The summed E-state index contributed by atoms with van der Waals surface area (Å²) >= 11 is 0. The topological polar surface area (TPSA) is 109 Å². The summed E-state index contributed by atoms with van der Waals surface area (Å²) in [6, 6.07) is 8.75. The molecule has 10 heteroatoms. The van der Waals surface area contributed by atoms with Crippen LogP contribution in [0.2, 0.25) is 0 Å². The lowest BCUT2D eigenvalue weighted by Crippen LogP contribution is -2.40. The summed E-state index contributed by atoms with van der Waals surface area (Å²) in [6.45, 7) is 3.36. The second kappa shape index (κ2) is 8.36. The van der Waals surface area contributed by atoms with Crippen molar-refractivity contribution in [3.8, 4) is 11.1 Å². The van der Waals surface area contributed by atoms with Gasteiger partial charge >= 0.3 is 0 Å². The fourth-order valence-electron chi connectivity index (χ4n) is 2.92. The van der Waals surface area contributed by atoms with Gasteiger partial charge in [-0.05, 0) is 43.2 Å². The largest absolute Gasteiger partial charge is 0.307 e. The van der Waals surface area contributed by atoms with Crippen LogP contribution < -0.4 is 10.7 Å². The number of nitrogens with two attached hydrogens (primary N) is 1. The van der Waals surface area contributed by atoms with Gasteiger partial charge in [0.15, 0.2) is 0 Å². The van der Waals surface area contributed by atoms with E-state index >= 15 is 0 Å². The molecule has 0 aliphatic carbocycles. The summed E-state index contributed by atoms with van der Waals surface area (Å²) in [5.74, 6) is -0.510. The molecule has 2 aromatic heterocycles. The summed E-state index contributed by atoms with van der Waals surface area (Å²) in [7, 11) is -3.90. The third-order valence-corrected chi connectivity index (χ3v) is 5.40. The van der Waals surface area contributed by atoms with Crippen molar-refractivity contribution in [3.63, 3.8) is 0 Å². The lowest BCUT2D eigenvalue weighted by molar-refractivity contribution is 0.348. The molecular formula is C18H20ClFN4O3S. The van der Waals surface area contributed by atoms with Crippen LogP contribution in [0.1, 0.15) is 19.4 Å². The first-order valence-electron chi connectivity index (χ1n) is 8.23. The van der Waals surface area contributed by atoms with E-state index in [-0.39, 0.29) is 30.6 Å². The molecule has 7 nitrogen and oxygen atoms in total. The number of aromatic amines is 1. The van der Waals surface area contributed by atoms with E-state index in [1.165, 1.54) is 18.3 Å². The minimum atomic E-state index is -3.90. The fraction of sp³-hybridized carbons (Fsp3) is 0.222. The van der Waals surface area contributed by atoms with Gasteiger partial charge in [0.1, 0.15) is 11.5 Å². The zero-order valence-corrected chi connectivity index (χ0v) is 16.8. The second-order valence-corrected chi connectivity index (χ2v) is 7.94. The van der Waals surface area contributed by atoms with Crippen LogP contribution in [-0.2, 0) is 16.8 Å². The third-order valence-electron chi connectivity index (χ3n) is 4.20. The smallest absolute Gasteiger partial charge is 0.277 e. The summed E-state index contributed by atoms with van der Waals surface area (Å²) in [4.78, 5) is 18.2. The van der Waals surface area contributed by atoms with E-state index in [1.807, 2.05) is 0 Å². The van der Waals surface area contributed by atoms with Gasteiger partial charge < -0.3 is 4.98 Å². The van der Waals surface area contributed by atoms with Crippen LogP contribution >= 0.6 is 12.4 Å². The maximum Gasteiger partial charge on any atom is 0.277 e. The molecule has 3 rings (SSSR count). The van der Waals surface area contributed by atoms with Crippen molar-refractivity contribution in [3.05, 3.63) is 64.3 Å². The standard InChI is InChI=1S/C18H19FN4O3S.ClH/c1-11(2)23(27(20,25)26)10-12-3-4-14(16(19)9-12)13-7-8-21-18-15(13)5-6-17(24)22-18;/h3-9,11H,10H2,1-2H3,(H2,20,25,26)(H,21,22,24);1H. The summed E-state index contributed by atoms with van der Waals surface area (Å²) in [6.07, 6.45) is 1.49. The average molecular weight is 427 g/mol. The molecule has 0 atom stereocenters. The maximum absolute atomic E-state index is 14.8. The molecule has 0 unspecified atom stereocenters. The number of benzene rings is 1. The lowest BCUT2D eigenvalue weighted by Gasteiger charge is -2.23. The van der Waals surface area contributed by atoms with Gasteiger partial charge in [-0.25, -0.2) is 14.5 Å². The van der Waals surface area contributed by atoms with Gasteiger partial charge in [-0.15, -0.1) is 12.4 Å². The average Bonchev–Trinajstić information content (AvgIpc) is 2.58. The van der Waals surface area contributed by atoms with Gasteiger partial charge in [-0.2, -0.15) is 12.7 Å². The number of nitrogens with one attached hydrogen (secondary N) is 1. The second-order valence-electron chi connectivity index (χ2n) is 6.44. The van der Waals surface area contributed by atoms with Crippen molar-refractivity contribution >= 4 is 33.6 Å². The Kier molecular flexibility index (Phi) is 6.56. The Labute approximate surface area is 168 Å². The molecular weight excluding hydrogens is 407 g/mol. The monoisotopic (exact) mass is 426 g/mol. The Morgan fingerprint density at radius 3 is 2.50 bits per heavy atom. The van der Waals surface area contributed by atoms with Crippen LogP contribution in [0.4, 0.5) is 4.39 Å². The van der Waals surface area contributed by atoms with Crippen molar-refractivity contribution < 1.29 is 12.8 Å². The van der Waals surface area contributed by atoms with Crippen LogP contribution in [-0.4, -0.2) is 28.7 Å². The van der Waals surface area contributed by atoms with Crippen LogP contribution in [0.5, 0.6) is 0 Å². The summed E-state index contributed by atoms with van der Waals surface area (Å²) < 4.78 is 39.3. The van der Waals surface area contributed by atoms with Crippen LogP contribution in [0, 0.1) is 5.82 Å². The Hall–Kier alpha value is -2.33. The zero-order chi connectivity index (χ0) is 19.8. The first kappa shape index (κ1) is 22.0. The van der Waals surface area contributed by atoms with E-state index in [9.17, 15) is 17.6 Å².